The molecule has 5 N–H and O–H groups in total. The lowest BCUT2D eigenvalue weighted by molar-refractivity contribution is -0.0985. The number of hydrogen-bond donors (Lipinski definition) is 4. The zero-order chi connectivity index (χ0) is 15.4. The molecule has 0 spiro atoms. The predicted molar refractivity (Wildman–Crippen MR) is 74.2 cm³/mol. The molecule has 1 fully saturated rings. The number of aromatic nitrogens is 3. The fourth-order valence-corrected chi connectivity index (χ4v) is 2.74. The Morgan fingerprint density at radius 2 is 2.19 bits per heavy atom. The summed E-state index contributed by atoms with van der Waals surface area (Å²) in [7, 11) is 0. The van der Waals surface area contributed by atoms with Gasteiger partial charge in [-0.05, 0) is 19.9 Å². The Morgan fingerprint density at radius 1 is 1.48 bits per heavy atom. The van der Waals surface area contributed by atoms with Gasteiger partial charge in [-0.1, -0.05) is 0 Å². The van der Waals surface area contributed by atoms with Crippen LogP contribution in [0.2, 0.25) is 0 Å². The lowest BCUT2D eigenvalue weighted by Gasteiger charge is -2.27. The molecule has 2 aromatic heterocycles. The third-order valence-electron chi connectivity index (χ3n) is 3.96. The number of aliphatic hydroxyl groups excluding tert-OH is 2. The van der Waals surface area contributed by atoms with Crippen molar-refractivity contribution in [3.8, 4) is 0 Å². The smallest absolute Gasteiger partial charge is 0.167 e. The first-order valence-corrected chi connectivity index (χ1v) is 6.65. The van der Waals surface area contributed by atoms with Gasteiger partial charge in [0.1, 0.15) is 35.6 Å². The zero-order valence-electron chi connectivity index (χ0n) is 11.7. The third-order valence-corrected chi connectivity index (χ3v) is 3.96. The Labute approximate surface area is 120 Å². The van der Waals surface area contributed by atoms with Gasteiger partial charge in [0.25, 0.3) is 0 Å². The highest BCUT2D eigenvalue weighted by molar-refractivity contribution is 5.86. The minimum absolute atomic E-state index is 0.323. The number of nitrogens with zero attached hydrogens (tertiary/aromatic N) is 3. The van der Waals surface area contributed by atoms with E-state index in [1.807, 2.05) is 0 Å². The number of hydrogen-bond acceptors (Lipinski definition) is 7. The molecule has 0 unspecified atom stereocenters. The van der Waals surface area contributed by atoms with Crippen molar-refractivity contribution in [1.29, 1.82) is 0 Å². The van der Waals surface area contributed by atoms with Gasteiger partial charge in [-0.2, -0.15) is 0 Å². The minimum atomic E-state index is -1.58. The first-order valence-electron chi connectivity index (χ1n) is 6.65. The largest absolute Gasteiger partial charge is 0.391 e. The molecule has 1 aliphatic heterocycles. The van der Waals surface area contributed by atoms with E-state index in [9.17, 15) is 15.3 Å². The lowest BCUT2D eigenvalue weighted by atomic mass is 9.94. The van der Waals surface area contributed by atoms with Gasteiger partial charge in [-0.15, -0.1) is 0 Å². The topological polar surface area (TPSA) is 127 Å². The SMILES string of the molecule is C[C@@H](O)[C@H]1O[C@@H](n2ccc3c(N)ncnc32)[C@](C)(O)[C@H]1O. The molecular formula is C13H18N4O4. The first kappa shape index (κ1) is 14.2. The van der Waals surface area contributed by atoms with E-state index in [4.69, 9.17) is 10.5 Å². The van der Waals surface area contributed by atoms with Gasteiger partial charge in [0.15, 0.2) is 6.23 Å². The number of aliphatic hydroxyl groups is 3. The van der Waals surface area contributed by atoms with Crippen LogP contribution in [-0.2, 0) is 4.74 Å². The molecular weight excluding hydrogens is 276 g/mol. The Hall–Kier alpha value is -1.74. The summed E-state index contributed by atoms with van der Waals surface area (Å²) < 4.78 is 7.24. The van der Waals surface area contributed by atoms with E-state index in [1.54, 1.807) is 16.8 Å². The molecule has 0 aromatic carbocycles. The second-order valence-corrected chi connectivity index (χ2v) is 5.58. The summed E-state index contributed by atoms with van der Waals surface area (Å²) in [5, 5.41) is 31.0. The maximum atomic E-state index is 10.6. The second kappa shape index (κ2) is 4.63. The number of anilines is 1. The van der Waals surface area contributed by atoms with E-state index in [1.165, 1.54) is 20.2 Å². The van der Waals surface area contributed by atoms with Gasteiger partial charge in [-0.25, -0.2) is 9.97 Å². The van der Waals surface area contributed by atoms with Crippen molar-refractivity contribution in [2.45, 2.75) is 44.0 Å². The molecule has 0 amide bonds. The van der Waals surface area contributed by atoms with Crippen molar-refractivity contribution in [3.63, 3.8) is 0 Å². The number of fused-ring (bicyclic) bond motifs is 1. The maximum Gasteiger partial charge on any atom is 0.167 e. The molecule has 1 saturated heterocycles. The number of nitrogen functional groups attached to an aromatic ring is 1. The maximum absolute atomic E-state index is 10.6. The number of nitrogens with two attached hydrogens (primary N) is 1. The molecule has 0 saturated carbocycles. The van der Waals surface area contributed by atoms with Crippen molar-refractivity contribution >= 4 is 16.9 Å². The van der Waals surface area contributed by atoms with Crippen molar-refractivity contribution < 1.29 is 20.1 Å². The Morgan fingerprint density at radius 3 is 2.81 bits per heavy atom. The average Bonchev–Trinajstić information content (AvgIpc) is 2.92. The fourth-order valence-electron chi connectivity index (χ4n) is 2.74. The lowest BCUT2D eigenvalue weighted by Crippen LogP contribution is -2.45. The van der Waals surface area contributed by atoms with Crippen LogP contribution >= 0.6 is 0 Å². The summed E-state index contributed by atoms with van der Waals surface area (Å²) in [6.45, 7) is 2.96. The zero-order valence-corrected chi connectivity index (χ0v) is 11.7. The van der Waals surface area contributed by atoms with Crippen molar-refractivity contribution in [3.05, 3.63) is 18.6 Å². The van der Waals surface area contributed by atoms with E-state index in [-0.39, 0.29) is 0 Å². The van der Waals surface area contributed by atoms with Gasteiger partial charge < -0.3 is 30.4 Å². The monoisotopic (exact) mass is 294 g/mol. The predicted octanol–water partition coefficient (Wildman–Crippen LogP) is -0.596. The summed E-state index contributed by atoms with van der Waals surface area (Å²) in [4.78, 5) is 8.05. The van der Waals surface area contributed by atoms with E-state index in [2.05, 4.69) is 9.97 Å². The molecule has 0 aliphatic carbocycles. The van der Waals surface area contributed by atoms with E-state index in [0.29, 0.717) is 16.9 Å². The van der Waals surface area contributed by atoms with Gasteiger partial charge in [0.05, 0.1) is 11.5 Å². The summed E-state index contributed by atoms with van der Waals surface area (Å²) >= 11 is 0. The number of ether oxygens (including phenoxy) is 1. The second-order valence-electron chi connectivity index (χ2n) is 5.58. The quantitative estimate of drug-likeness (QED) is 0.582. The van der Waals surface area contributed by atoms with Crippen LogP contribution in [0.4, 0.5) is 5.82 Å². The molecule has 5 atom stereocenters. The number of rotatable bonds is 2. The van der Waals surface area contributed by atoms with Gasteiger partial charge in [-0.3, -0.25) is 0 Å². The molecule has 0 radical (unpaired) electrons. The third kappa shape index (κ3) is 1.99. The van der Waals surface area contributed by atoms with Crippen molar-refractivity contribution in [1.82, 2.24) is 14.5 Å². The summed E-state index contributed by atoms with van der Waals surface area (Å²) in [6, 6.07) is 1.71. The fraction of sp³-hybridized carbons (Fsp3) is 0.538. The summed E-state index contributed by atoms with van der Waals surface area (Å²) in [5.41, 5.74) is 4.70. The van der Waals surface area contributed by atoms with Crippen LogP contribution in [0.3, 0.4) is 0 Å². The summed E-state index contributed by atoms with van der Waals surface area (Å²) in [6.07, 6.45) is -0.940. The van der Waals surface area contributed by atoms with E-state index in [0.717, 1.165) is 0 Å². The van der Waals surface area contributed by atoms with Crippen LogP contribution in [-0.4, -0.2) is 53.8 Å². The van der Waals surface area contributed by atoms with Crippen molar-refractivity contribution in [2.24, 2.45) is 0 Å². The summed E-state index contributed by atoms with van der Waals surface area (Å²) in [5.74, 6) is 0.323. The Bertz CT molecular complexity index is 669. The molecule has 0 bridgehead atoms. The normalized spacial score (nSPS) is 34.4. The molecule has 8 heteroatoms. The van der Waals surface area contributed by atoms with Crippen LogP contribution in [0.15, 0.2) is 18.6 Å². The molecule has 3 heterocycles. The molecule has 8 nitrogen and oxygen atoms in total. The molecule has 2 aromatic rings. The standard InChI is InChI=1S/C13H18N4O4/c1-6(18)8-9(19)13(2,20)12(21-8)17-4-3-7-10(14)15-5-16-11(7)17/h3-6,8-9,12,18-20H,1-2H3,(H2,14,15,16)/t6-,8-,9+,12-,13-/m1/s1. The highest BCUT2D eigenvalue weighted by atomic mass is 16.6. The highest BCUT2D eigenvalue weighted by Crippen LogP contribution is 2.40. The molecule has 114 valence electrons. The molecule has 3 rings (SSSR count). The minimum Gasteiger partial charge on any atom is -0.391 e. The van der Waals surface area contributed by atoms with E-state index < -0.39 is 30.1 Å². The van der Waals surface area contributed by atoms with Crippen LogP contribution in [0, 0.1) is 0 Å². The first-order chi connectivity index (χ1) is 9.84. The van der Waals surface area contributed by atoms with E-state index >= 15 is 0 Å². The van der Waals surface area contributed by atoms with Crippen molar-refractivity contribution in [2.75, 3.05) is 5.73 Å². The Balaban J connectivity index is 2.08. The van der Waals surface area contributed by atoms with Gasteiger partial charge in [0.2, 0.25) is 0 Å². The van der Waals surface area contributed by atoms with Crippen LogP contribution < -0.4 is 5.73 Å². The highest BCUT2D eigenvalue weighted by Gasteiger charge is 2.54. The molecule has 21 heavy (non-hydrogen) atoms. The molecule has 1 aliphatic rings. The van der Waals surface area contributed by atoms with Crippen LogP contribution in [0.1, 0.15) is 20.1 Å². The van der Waals surface area contributed by atoms with Gasteiger partial charge in [0, 0.05) is 6.20 Å². The van der Waals surface area contributed by atoms with Gasteiger partial charge >= 0.3 is 0 Å². The van der Waals surface area contributed by atoms with Crippen LogP contribution in [0.5, 0.6) is 0 Å². The Kier molecular flexibility index (Phi) is 3.14. The average molecular weight is 294 g/mol. The van der Waals surface area contributed by atoms with Crippen LogP contribution in [0.25, 0.3) is 11.0 Å².